The van der Waals surface area contributed by atoms with E-state index in [9.17, 15) is 5.11 Å². The van der Waals surface area contributed by atoms with Crippen LogP contribution in [0.3, 0.4) is 0 Å². The normalized spacial score (nSPS) is 12.4. The van der Waals surface area contributed by atoms with Gasteiger partial charge in [0.05, 0.1) is 12.2 Å². The van der Waals surface area contributed by atoms with E-state index in [0.717, 1.165) is 22.7 Å². The van der Waals surface area contributed by atoms with Crippen LogP contribution in [-0.2, 0) is 13.1 Å². The van der Waals surface area contributed by atoms with Crippen molar-refractivity contribution >= 4 is 0 Å². The lowest BCUT2D eigenvalue weighted by atomic mass is 10.2. The molecule has 0 amide bonds. The summed E-state index contributed by atoms with van der Waals surface area (Å²) in [6.45, 7) is 7.15. The Morgan fingerprint density at radius 3 is 2.71 bits per heavy atom. The van der Waals surface area contributed by atoms with Gasteiger partial charge in [-0.3, -0.25) is 4.68 Å². The monoisotopic (exact) mass is 289 g/mol. The second-order valence-electron chi connectivity index (χ2n) is 5.29. The summed E-state index contributed by atoms with van der Waals surface area (Å²) in [5.41, 5.74) is 9.85. The first-order valence-corrected chi connectivity index (χ1v) is 7.11. The Morgan fingerprint density at radius 2 is 2.10 bits per heavy atom. The van der Waals surface area contributed by atoms with Crippen molar-refractivity contribution in [3.63, 3.8) is 0 Å². The van der Waals surface area contributed by atoms with Gasteiger partial charge >= 0.3 is 0 Å². The Hall–Kier alpha value is -1.85. The average molecular weight is 289 g/mol. The zero-order valence-corrected chi connectivity index (χ0v) is 12.8. The van der Waals surface area contributed by atoms with Gasteiger partial charge in [-0.2, -0.15) is 5.10 Å². The molecule has 1 aromatic heterocycles. The molecule has 1 atom stereocenters. The molecule has 0 aliphatic heterocycles. The van der Waals surface area contributed by atoms with Crippen molar-refractivity contribution < 1.29 is 9.84 Å². The van der Waals surface area contributed by atoms with E-state index in [1.165, 1.54) is 5.56 Å². The van der Waals surface area contributed by atoms with Crippen LogP contribution in [0.25, 0.3) is 0 Å². The molecule has 1 aromatic carbocycles. The minimum absolute atomic E-state index is 0.228. The summed E-state index contributed by atoms with van der Waals surface area (Å²) in [5.74, 6) is 0.724. The number of rotatable bonds is 6. The Labute approximate surface area is 125 Å². The molecule has 0 aliphatic rings. The lowest BCUT2D eigenvalue weighted by molar-refractivity contribution is 0.0886. The summed E-state index contributed by atoms with van der Waals surface area (Å²) in [6, 6.07) is 7.59. The van der Waals surface area contributed by atoms with Gasteiger partial charge in [0.15, 0.2) is 0 Å². The van der Waals surface area contributed by atoms with Gasteiger partial charge in [-0.15, -0.1) is 0 Å². The molecular formula is C16H23N3O2. The van der Waals surface area contributed by atoms with Gasteiger partial charge in [0, 0.05) is 12.2 Å². The molecule has 1 heterocycles. The molecule has 0 spiro atoms. The number of nitrogens with two attached hydrogens (primary N) is 1. The number of nitrogens with zero attached hydrogens (tertiary/aromatic N) is 2. The smallest absolute Gasteiger partial charge is 0.119 e. The van der Waals surface area contributed by atoms with Crippen molar-refractivity contribution in [3.05, 3.63) is 46.8 Å². The number of benzene rings is 1. The quantitative estimate of drug-likeness (QED) is 0.849. The van der Waals surface area contributed by atoms with Crippen LogP contribution in [0.2, 0.25) is 0 Å². The van der Waals surface area contributed by atoms with E-state index in [4.69, 9.17) is 10.5 Å². The number of aliphatic hydroxyl groups is 1. The SMILES string of the molecule is Cc1nn(CC(O)COc2cccc(CN)c2)c(C)c1C. The van der Waals surface area contributed by atoms with Crippen LogP contribution in [0, 0.1) is 20.8 Å². The van der Waals surface area contributed by atoms with E-state index in [1.54, 1.807) is 0 Å². The van der Waals surface area contributed by atoms with Gasteiger partial charge in [-0.1, -0.05) is 12.1 Å². The van der Waals surface area contributed by atoms with Gasteiger partial charge in [-0.05, 0) is 44.0 Å². The van der Waals surface area contributed by atoms with E-state index in [2.05, 4.69) is 5.10 Å². The van der Waals surface area contributed by atoms with Gasteiger partial charge in [0.1, 0.15) is 18.5 Å². The number of hydrogen-bond donors (Lipinski definition) is 2. The maximum Gasteiger partial charge on any atom is 0.119 e. The zero-order chi connectivity index (χ0) is 15.4. The Bertz CT molecular complexity index is 608. The van der Waals surface area contributed by atoms with Crippen LogP contribution < -0.4 is 10.5 Å². The Balaban J connectivity index is 1.92. The molecular weight excluding hydrogens is 266 g/mol. The fourth-order valence-corrected chi connectivity index (χ4v) is 2.17. The predicted molar refractivity (Wildman–Crippen MR) is 82.3 cm³/mol. The molecule has 0 bridgehead atoms. The average Bonchev–Trinajstić information content (AvgIpc) is 2.72. The molecule has 21 heavy (non-hydrogen) atoms. The minimum Gasteiger partial charge on any atom is -0.491 e. The predicted octanol–water partition coefficient (Wildman–Crippen LogP) is 1.71. The molecule has 1 unspecified atom stereocenters. The Kier molecular flexibility index (Phi) is 4.98. The highest BCUT2D eigenvalue weighted by molar-refractivity contribution is 5.28. The van der Waals surface area contributed by atoms with Crippen LogP contribution >= 0.6 is 0 Å². The van der Waals surface area contributed by atoms with Gasteiger partial charge in [0.2, 0.25) is 0 Å². The summed E-state index contributed by atoms with van der Waals surface area (Å²) in [5, 5.41) is 14.5. The molecule has 114 valence electrons. The number of aromatic nitrogens is 2. The Morgan fingerprint density at radius 1 is 1.33 bits per heavy atom. The highest BCUT2D eigenvalue weighted by atomic mass is 16.5. The van der Waals surface area contributed by atoms with Crippen LogP contribution in [0.4, 0.5) is 0 Å². The minimum atomic E-state index is -0.607. The third-order valence-electron chi connectivity index (χ3n) is 3.70. The maximum atomic E-state index is 10.1. The van der Waals surface area contributed by atoms with Crippen LogP contribution in [0.1, 0.15) is 22.5 Å². The lowest BCUT2D eigenvalue weighted by Gasteiger charge is -2.14. The van der Waals surface area contributed by atoms with E-state index >= 15 is 0 Å². The maximum absolute atomic E-state index is 10.1. The first kappa shape index (κ1) is 15.5. The van der Waals surface area contributed by atoms with Crippen LogP contribution in [0.5, 0.6) is 5.75 Å². The van der Waals surface area contributed by atoms with Crippen molar-refractivity contribution in [2.45, 2.75) is 40.0 Å². The van der Waals surface area contributed by atoms with Gasteiger partial charge < -0.3 is 15.6 Å². The molecule has 0 saturated heterocycles. The van der Waals surface area contributed by atoms with E-state index < -0.39 is 6.10 Å². The third kappa shape index (κ3) is 3.83. The highest BCUT2D eigenvalue weighted by Crippen LogP contribution is 2.14. The molecule has 2 rings (SSSR count). The van der Waals surface area contributed by atoms with Gasteiger partial charge in [-0.25, -0.2) is 0 Å². The molecule has 2 aromatic rings. The van der Waals surface area contributed by atoms with Crippen molar-refractivity contribution in [1.82, 2.24) is 9.78 Å². The van der Waals surface area contributed by atoms with E-state index in [0.29, 0.717) is 13.1 Å². The summed E-state index contributed by atoms with van der Waals surface area (Å²) < 4.78 is 7.44. The third-order valence-corrected chi connectivity index (χ3v) is 3.70. The summed E-state index contributed by atoms with van der Waals surface area (Å²) in [7, 11) is 0. The number of aliphatic hydroxyl groups excluding tert-OH is 1. The number of aryl methyl sites for hydroxylation is 1. The zero-order valence-electron chi connectivity index (χ0n) is 12.8. The van der Waals surface area contributed by atoms with Crippen molar-refractivity contribution in [2.24, 2.45) is 5.73 Å². The number of ether oxygens (including phenoxy) is 1. The first-order chi connectivity index (χ1) is 10.0. The van der Waals surface area contributed by atoms with Crippen molar-refractivity contribution in [3.8, 4) is 5.75 Å². The molecule has 0 fully saturated rings. The van der Waals surface area contributed by atoms with Crippen molar-refractivity contribution in [2.75, 3.05) is 6.61 Å². The van der Waals surface area contributed by atoms with E-state index in [-0.39, 0.29) is 6.61 Å². The summed E-state index contributed by atoms with van der Waals surface area (Å²) in [6.07, 6.45) is -0.607. The van der Waals surface area contributed by atoms with Crippen LogP contribution in [0.15, 0.2) is 24.3 Å². The van der Waals surface area contributed by atoms with Crippen LogP contribution in [-0.4, -0.2) is 27.6 Å². The standard InChI is InChI=1S/C16H23N3O2/c1-11-12(2)18-19(13(11)3)9-15(20)10-21-16-6-4-5-14(7-16)8-17/h4-7,15,20H,8-10,17H2,1-3H3. The molecule has 0 aliphatic carbocycles. The molecule has 0 saturated carbocycles. The van der Waals surface area contributed by atoms with Crippen molar-refractivity contribution in [1.29, 1.82) is 0 Å². The second-order valence-corrected chi connectivity index (χ2v) is 5.29. The summed E-state index contributed by atoms with van der Waals surface area (Å²) in [4.78, 5) is 0. The number of hydrogen-bond acceptors (Lipinski definition) is 4. The largest absolute Gasteiger partial charge is 0.491 e. The van der Waals surface area contributed by atoms with E-state index in [1.807, 2.05) is 49.7 Å². The topological polar surface area (TPSA) is 73.3 Å². The summed E-state index contributed by atoms with van der Waals surface area (Å²) >= 11 is 0. The fourth-order valence-electron chi connectivity index (χ4n) is 2.17. The molecule has 0 radical (unpaired) electrons. The molecule has 3 N–H and O–H groups in total. The lowest BCUT2D eigenvalue weighted by Crippen LogP contribution is -2.24. The van der Waals surface area contributed by atoms with Gasteiger partial charge in [0.25, 0.3) is 0 Å². The fraction of sp³-hybridized carbons (Fsp3) is 0.438. The molecule has 5 nitrogen and oxygen atoms in total. The first-order valence-electron chi connectivity index (χ1n) is 7.11. The molecule has 5 heteroatoms. The second kappa shape index (κ2) is 6.74. The highest BCUT2D eigenvalue weighted by Gasteiger charge is 2.12.